The van der Waals surface area contributed by atoms with Crippen molar-refractivity contribution in [3.05, 3.63) is 28.8 Å². The van der Waals surface area contributed by atoms with Gasteiger partial charge >= 0.3 is 6.18 Å². The normalized spacial score (nSPS) is 20.0. The van der Waals surface area contributed by atoms with Crippen LogP contribution >= 0.6 is 11.6 Å². The van der Waals surface area contributed by atoms with Crippen LogP contribution < -0.4 is 0 Å². The van der Waals surface area contributed by atoms with E-state index in [4.69, 9.17) is 16.3 Å². The zero-order chi connectivity index (χ0) is 17.3. The van der Waals surface area contributed by atoms with E-state index in [-0.39, 0.29) is 12.6 Å². The Kier molecular flexibility index (Phi) is 5.60. The lowest BCUT2D eigenvalue weighted by Gasteiger charge is -2.27. The molecule has 0 saturated carbocycles. The molecule has 1 fully saturated rings. The number of sulfonamides is 1. The number of nitrogens with zero attached hydrogens (tertiary/aromatic N) is 1. The third kappa shape index (κ3) is 4.37. The number of rotatable bonds is 4. The molecule has 23 heavy (non-hydrogen) atoms. The minimum absolute atomic E-state index is 0.103. The zero-order valence-corrected chi connectivity index (χ0v) is 14.0. The third-order valence-corrected chi connectivity index (χ3v) is 5.84. The average Bonchev–Trinajstić information content (AvgIpc) is 2.47. The Morgan fingerprint density at radius 1 is 1.35 bits per heavy atom. The van der Waals surface area contributed by atoms with Gasteiger partial charge in [-0.05, 0) is 37.5 Å². The monoisotopic (exact) mass is 371 g/mol. The second-order valence-electron chi connectivity index (χ2n) is 5.41. The first-order chi connectivity index (χ1) is 10.6. The molecule has 9 heteroatoms. The van der Waals surface area contributed by atoms with Gasteiger partial charge in [-0.15, -0.1) is 0 Å². The van der Waals surface area contributed by atoms with Crippen molar-refractivity contribution in [2.45, 2.75) is 36.4 Å². The van der Waals surface area contributed by atoms with Crippen LogP contribution in [-0.4, -0.2) is 39.0 Å². The van der Waals surface area contributed by atoms with E-state index in [1.807, 2.05) is 0 Å². The van der Waals surface area contributed by atoms with E-state index >= 15 is 0 Å². The predicted molar refractivity (Wildman–Crippen MR) is 79.9 cm³/mol. The Morgan fingerprint density at radius 3 is 2.61 bits per heavy atom. The van der Waals surface area contributed by atoms with Crippen molar-refractivity contribution in [2.75, 3.05) is 20.2 Å². The quantitative estimate of drug-likeness (QED) is 0.813. The number of likely N-dealkylation sites (N-methyl/N-ethyl adjacent to an activating group) is 1. The van der Waals surface area contributed by atoms with Gasteiger partial charge < -0.3 is 4.74 Å². The average molecular weight is 372 g/mol. The molecule has 1 heterocycles. The number of ether oxygens (including phenoxy) is 1. The summed E-state index contributed by atoms with van der Waals surface area (Å²) in [6, 6.07) is 2.59. The first-order valence-electron chi connectivity index (χ1n) is 7.07. The molecule has 0 spiro atoms. The summed E-state index contributed by atoms with van der Waals surface area (Å²) in [5, 5.41) is -0.533. The van der Waals surface area contributed by atoms with Crippen molar-refractivity contribution >= 4 is 21.6 Å². The summed E-state index contributed by atoms with van der Waals surface area (Å²) in [4.78, 5) is -0.437. The molecule has 1 saturated heterocycles. The lowest BCUT2D eigenvalue weighted by molar-refractivity contribution is -0.137. The molecule has 130 valence electrons. The van der Waals surface area contributed by atoms with Gasteiger partial charge in [0.25, 0.3) is 0 Å². The molecular formula is C14H17ClF3NO3S. The summed E-state index contributed by atoms with van der Waals surface area (Å²) in [5.74, 6) is 0. The molecule has 1 atom stereocenters. The number of halogens is 4. The van der Waals surface area contributed by atoms with E-state index in [2.05, 4.69) is 0 Å². The number of alkyl halides is 3. The van der Waals surface area contributed by atoms with Crippen LogP contribution in [0.2, 0.25) is 5.02 Å². The largest absolute Gasteiger partial charge is 0.417 e. The number of hydrogen-bond donors (Lipinski definition) is 0. The van der Waals surface area contributed by atoms with Crippen molar-refractivity contribution in [1.82, 2.24) is 4.31 Å². The molecule has 4 nitrogen and oxygen atoms in total. The summed E-state index contributed by atoms with van der Waals surface area (Å²) in [5.41, 5.74) is -1.16. The third-order valence-electron chi connectivity index (χ3n) is 3.69. The minimum atomic E-state index is -4.71. The van der Waals surface area contributed by atoms with E-state index in [9.17, 15) is 21.6 Å². The summed E-state index contributed by atoms with van der Waals surface area (Å²) in [6.07, 6.45) is -2.35. The summed E-state index contributed by atoms with van der Waals surface area (Å²) in [7, 11) is -2.71. The molecule has 2 rings (SSSR count). The second kappa shape index (κ2) is 6.96. The maximum Gasteiger partial charge on any atom is 0.417 e. The van der Waals surface area contributed by atoms with E-state index in [1.54, 1.807) is 0 Å². The van der Waals surface area contributed by atoms with Gasteiger partial charge in [-0.1, -0.05) is 11.6 Å². The fourth-order valence-electron chi connectivity index (χ4n) is 2.40. The standard InChI is InChI=1S/C14H17ClF3NO3S/c1-19(9-10-4-2-3-7-22-10)23(20,21)11-5-6-13(15)12(8-11)14(16,17)18/h5-6,8,10H,2-4,7,9H2,1H3. The smallest absolute Gasteiger partial charge is 0.377 e. The van der Waals surface area contributed by atoms with Gasteiger partial charge in [-0.25, -0.2) is 8.42 Å². The molecule has 1 aromatic carbocycles. The van der Waals surface area contributed by atoms with Crippen LogP contribution in [0.5, 0.6) is 0 Å². The molecule has 0 bridgehead atoms. The van der Waals surface area contributed by atoms with Gasteiger partial charge in [-0.2, -0.15) is 17.5 Å². The lowest BCUT2D eigenvalue weighted by atomic mass is 10.1. The highest BCUT2D eigenvalue weighted by molar-refractivity contribution is 7.89. The molecular weight excluding hydrogens is 355 g/mol. The highest BCUT2D eigenvalue weighted by Crippen LogP contribution is 2.36. The lowest BCUT2D eigenvalue weighted by Crippen LogP contribution is -2.37. The van der Waals surface area contributed by atoms with Gasteiger partial charge in [0, 0.05) is 20.2 Å². The van der Waals surface area contributed by atoms with Gasteiger partial charge in [0.05, 0.1) is 21.6 Å². The van der Waals surface area contributed by atoms with E-state index in [1.165, 1.54) is 7.05 Å². The van der Waals surface area contributed by atoms with Crippen molar-refractivity contribution in [1.29, 1.82) is 0 Å². The molecule has 0 radical (unpaired) electrons. The van der Waals surface area contributed by atoms with Gasteiger partial charge in [0.15, 0.2) is 0 Å². The van der Waals surface area contributed by atoms with Crippen molar-refractivity contribution in [2.24, 2.45) is 0 Å². The Labute approximate surface area is 138 Å². The molecule has 1 aromatic rings. The topological polar surface area (TPSA) is 46.6 Å². The maximum absolute atomic E-state index is 12.9. The summed E-state index contributed by atoms with van der Waals surface area (Å²) >= 11 is 5.52. The van der Waals surface area contributed by atoms with Crippen LogP contribution in [0.4, 0.5) is 13.2 Å². The Balaban J connectivity index is 2.24. The molecule has 1 aliphatic rings. The molecule has 0 N–H and O–H groups in total. The summed E-state index contributed by atoms with van der Waals surface area (Å²) in [6.45, 7) is 0.671. The molecule has 0 amide bonds. The Bertz CT molecular complexity index is 658. The second-order valence-corrected chi connectivity index (χ2v) is 7.87. The highest BCUT2D eigenvalue weighted by atomic mass is 35.5. The fraction of sp³-hybridized carbons (Fsp3) is 0.571. The van der Waals surface area contributed by atoms with Crippen LogP contribution in [0.1, 0.15) is 24.8 Å². The first kappa shape index (κ1) is 18.5. The number of benzene rings is 1. The van der Waals surface area contributed by atoms with E-state index in [0.29, 0.717) is 12.7 Å². The predicted octanol–water partition coefficient (Wildman–Crippen LogP) is 3.55. The van der Waals surface area contributed by atoms with Crippen LogP contribution in [0.15, 0.2) is 23.1 Å². The van der Waals surface area contributed by atoms with Gasteiger partial charge in [-0.3, -0.25) is 0 Å². The Morgan fingerprint density at radius 2 is 2.04 bits per heavy atom. The molecule has 0 aliphatic carbocycles. The SMILES string of the molecule is CN(CC1CCCCO1)S(=O)(=O)c1ccc(Cl)c(C(F)(F)F)c1. The van der Waals surface area contributed by atoms with Crippen molar-refractivity contribution in [3.63, 3.8) is 0 Å². The van der Waals surface area contributed by atoms with Crippen LogP contribution in [0.25, 0.3) is 0 Å². The van der Waals surface area contributed by atoms with E-state index < -0.39 is 31.7 Å². The maximum atomic E-state index is 12.9. The van der Waals surface area contributed by atoms with Crippen molar-refractivity contribution in [3.8, 4) is 0 Å². The molecule has 0 aromatic heterocycles. The summed E-state index contributed by atoms with van der Waals surface area (Å²) < 4.78 is 70.0. The van der Waals surface area contributed by atoms with Crippen molar-refractivity contribution < 1.29 is 26.3 Å². The van der Waals surface area contributed by atoms with Crippen LogP contribution in [-0.2, 0) is 20.9 Å². The van der Waals surface area contributed by atoms with E-state index in [0.717, 1.165) is 35.7 Å². The molecule has 1 aliphatic heterocycles. The van der Waals surface area contributed by atoms with Crippen LogP contribution in [0.3, 0.4) is 0 Å². The Hall–Kier alpha value is -0.830. The zero-order valence-electron chi connectivity index (χ0n) is 12.4. The fourth-order valence-corrected chi connectivity index (χ4v) is 3.85. The first-order valence-corrected chi connectivity index (χ1v) is 8.89. The minimum Gasteiger partial charge on any atom is -0.377 e. The van der Waals surface area contributed by atoms with Crippen LogP contribution in [0, 0.1) is 0 Å². The van der Waals surface area contributed by atoms with Gasteiger partial charge in [0.1, 0.15) is 0 Å². The number of hydrogen-bond acceptors (Lipinski definition) is 3. The highest BCUT2D eigenvalue weighted by Gasteiger charge is 2.35. The molecule has 1 unspecified atom stereocenters. The van der Waals surface area contributed by atoms with Gasteiger partial charge in [0.2, 0.25) is 10.0 Å².